The molecule has 2 heterocycles. The molecule has 0 spiro atoms. The average molecular weight is 162 g/mol. The zero-order valence-electron chi connectivity index (χ0n) is 6.70. The number of imidazole rings is 1. The SMILES string of the molecule is N#CCC1(n2ccnc2)CNC1. The first kappa shape index (κ1) is 7.32. The molecule has 0 saturated carbocycles. The van der Waals surface area contributed by atoms with Crippen LogP contribution in [-0.4, -0.2) is 22.6 Å². The van der Waals surface area contributed by atoms with Gasteiger partial charge in [0, 0.05) is 25.5 Å². The van der Waals surface area contributed by atoms with E-state index in [-0.39, 0.29) is 5.54 Å². The molecule has 1 N–H and O–H groups in total. The summed E-state index contributed by atoms with van der Waals surface area (Å²) >= 11 is 0. The van der Waals surface area contributed by atoms with Gasteiger partial charge < -0.3 is 9.88 Å². The van der Waals surface area contributed by atoms with Crippen LogP contribution in [0.25, 0.3) is 0 Å². The summed E-state index contributed by atoms with van der Waals surface area (Å²) in [5.41, 5.74) is -0.0226. The van der Waals surface area contributed by atoms with Crippen LogP contribution in [-0.2, 0) is 5.54 Å². The van der Waals surface area contributed by atoms with Gasteiger partial charge in [0.05, 0.1) is 24.4 Å². The fourth-order valence-corrected chi connectivity index (χ4v) is 1.50. The molecule has 0 amide bonds. The molecule has 1 aromatic rings. The molecule has 4 heteroatoms. The quantitative estimate of drug-likeness (QED) is 0.670. The number of nitriles is 1. The summed E-state index contributed by atoms with van der Waals surface area (Å²) in [6.45, 7) is 1.74. The van der Waals surface area contributed by atoms with Crippen LogP contribution in [0, 0.1) is 11.3 Å². The van der Waals surface area contributed by atoms with Gasteiger partial charge in [-0.2, -0.15) is 5.26 Å². The number of hydrogen-bond acceptors (Lipinski definition) is 3. The summed E-state index contributed by atoms with van der Waals surface area (Å²) in [5.74, 6) is 0. The Balaban J connectivity index is 2.24. The maximum atomic E-state index is 8.65. The molecule has 1 saturated heterocycles. The minimum Gasteiger partial charge on any atom is -0.328 e. The lowest BCUT2D eigenvalue weighted by Crippen LogP contribution is -2.60. The van der Waals surface area contributed by atoms with Gasteiger partial charge in [0.25, 0.3) is 0 Å². The smallest absolute Gasteiger partial charge is 0.0952 e. The molecule has 1 fully saturated rings. The van der Waals surface area contributed by atoms with Crippen molar-refractivity contribution < 1.29 is 0 Å². The van der Waals surface area contributed by atoms with Crippen LogP contribution in [0.4, 0.5) is 0 Å². The maximum Gasteiger partial charge on any atom is 0.0952 e. The lowest BCUT2D eigenvalue weighted by molar-refractivity contribution is 0.180. The van der Waals surface area contributed by atoms with Gasteiger partial charge in [-0.25, -0.2) is 4.98 Å². The van der Waals surface area contributed by atoms with Crippen LogP contribution in [0.15, 0.2) is 18.7 Å². The lowest BCUT2D eigenvalue weighted by atomic mass is 9.89. The Hall–Kier alpha value is -1.34. The molecule has 1 aliphatic heterocycles. The first-order chi connectivity index (χ1) is 5.87. The van der Waals surface area contributed by atoms with Gasteiger partial charge in [-0.05, 0) is 0 Å². The Morgan fingerprint density at radius 1 is 1.67 bits per heavy atom. The van der Waals surface area contributed by atoms with Crippen molar-refractivity contribution in [1.29, 1.82) is 5.26 Å². The Kier molecular flexibility index (Phi) is 1.59. The molecule has 0 radical (unpaired) electrons. The highest BCUT2D eigenvalue weighted by atomic mass is 15.2. The van der Waals surface area contributed by atoms with Gasteiger partial charge in [0.15, 0.2) is 0 Å². The highest BCUT2D eigenvalue weighted by Gasteiger charge is 2.38. The second-order valence-corrected chi connectivity index (χ2v) is 3.13. The van der Waals surface area contributed by atoms with Gasteiger partial charge >= 0.3 is 0 Å². The zero-order valence-corrected chi connectivity index (χ0v) is 6.70. The number of hydrogen-bond donors (Lipinski definition) is 1. The van der Waals surface area contributed by atoms with Crippen molar-refractivity contribution in [2.24, 2.45) is 0 Å². The van der Waals surface area contributed by atoms with E-state index >= 15 is 0 Å². The van der Waals surface area contributed by atoms with Crippen molar-refractivity contribution >= 4 is 0 Å². The van der Waals surface area contributed by atoms with Gasteiger partial charge in [-0.1, -0.05) is 0 Å². The van der Waals surface area contributed by atoms with Gasteiger partial charge in [-0.15, -0.1) is 0 Å². The predicted octanol–water partition coefficient (Wildman–Crippen LogP) is 0.0953. The molecule has 1 aromatic heterocycles. The Labute approximate surface area is 70.8 Å². The number of nitrogens with zero attached hydrogens (tertiary/aromatic N) is 3. The van der Waals surface area contributed by atoms with Crippen molar-refractivity contribution in [3.05, 3.63) is 18.7 Å². The molecule has 0 aliphatic carbocycles. The zero-order chi connectivity index (χ0) is 8.44. The van der Waals surface area contributed by atoms with E-state index in [1.807, 2.05) is 10.8 Å². The molecule has 0 aromatic carbocycles. The number of aromatic nitrogens is 2. The van der Waals surface area contributed by atoms with Gasteiger partial charge in [-0.3, -0.25) is 0 Å². The van der Waals surface area contributed by atoms with E-state index in [9.17, 15) is 0 Å². The van der Waals surface area contributed by atoms with Crippen LogP contribution in [0.5, 0.6) is 0 Å². The van der Waals surface area contributed by atoms with E-state index in [0.29, 0.717) is 6.42 Å². The molecule has 4 nitrogen and oxygen atoms in total. The molecule has 2 rings (SSSR count). The molecule has 0 atom stereocenters. The minimum atomic E-state index is -0.0226. The molecule has 1 aliphatic rings. The normalized spacial score (nSPS) is 19.6. The second-order valence-electron chi connectivity index (χ2n) is 3.13. The third-order valence-corrected chi connectivity index (χ3v) is 2.37. The summed E-state index contributed by atoms with van der Waals surface area (Å²) in [5, 5.41) is 11.8. The van der Waals surface area contributed by atoms with Gasteiger partial charge in [0.1, 0.15) is 0 Å². The molecule has 62 valence electrons. The standard InChI is InChI=1S/C8H10N4/c9-2-1-8(5-11-6-8)12-4-3-10-7-12/h3-4,7,11H,1,5-6H2. The molecular formula is C8H10N4. The number of rotatable bonds is 2. The highest BCUT2D eigenvalue weighted by molar-refractivity contribution is 5.05. The molecule has 0 bridgehead atoms. The Morgan fingerprint density at radius 2 is 2.50 bits per heavy atom. The third-order valence-electron chi connectivity index (χ3n) is 2.37. The van der Waals surface area contributed by atoms with Crippen LogP contribution >= 0.6 is 0 Å². The van der Waals surface area contributed by atoms with E-state index in [2.05, 4.69) is 16.4 Å². The Bertz CT molecular complexity index is 291. The Morgan fingerprint density at radius 3 is 2.92 bits per heavy atom. The van der Waals surface area contributed by atoms with E-state index < -0.39 is 0 Å². The van der Waals surface area contributed by atoms with Crippen molar-refractivity contribution in [2.75, 3.05) is 13.1 Å². The van der Waals surface area contributed by atoms with E-state index in [1.165, 1.54) is 0 Å². The van der Waals surface area contributed by atoms with Crippen LogP contribution < -0.4 is 5.32 Å². The van der Waals surface area contributed by atoms with Crippen molar-refractivity contribution in [3.8, 4) is 6.07 Å². The summed E-state index contributed by atoms with van der Waals surface area (Å²) in [4.78, 5) is 3.98. The lowest BCUT2D eigenvalue weighted by Gasteiger charge is -2.42. The van der Waals surface area contributed by atoms with Crippen molar-refractivity contribution in [1.82, 2.24) is 14.9 Å². The first-order valence-corrected chi connectivity index (χ1v) is 3.93. The van der Waals surface area contributed by atoms with Gasteiger partial charge in [0.2, 0.25) is 0 Å². The topological polar surface area (TPSA) is 53.6 Å². The summed E-state index contributed by atoms with van der Waals surface area (Å²) < 4.78 is 2.02. The molecular weight excluding hydrogens is 152 g/mol. The summed E-state index contributed by atoms with van der Waals surface area (Å²) in [7, 11) is 0. The summed E-state index contributed by atoms with van der Waals surface area (Å²) in [6.07, 6.45) is 5.99. The van der Waals surface area contributed by atoms with Crippen LogP contribution in [0.2, 0.25) is 0 Å². The monoisotopic (exact) mass is 162 g/mol. The van der Waals surface area contributed by atoms with E-state index in [4.69, 9.17) is 5.26 Å². The largest absolute Gasteiger partial charge is 0.328 e. The minimum absolute atomic E-state index is 0.0226. The molecule has 0 unspecified atom stereocenters. The summed E-state index contributed by atoms with van der Waals surface area (Å²) in [6, 6.07) is 2.21. The fourth-order valence-electron chi connectivity index (χ4n) is 1.50. The third kappa shape index (κ3) is 0.908. The predicted molar refractivity (Wildman–Crippen MR) is 43.3 cm³/mol. The second kappa shape index (κ2) is 2.61. The fraction of sp³-hybridized carbons (Fsp3) is 0.500. The van der Waals surface area contributed by atoms with Crippen LogP contribution in [0.3, 0.4) is 0 Å². The average Bonchev–Trinajstić information content (AvgIpc) is 2.48. The highest BCUT2D eigenvalue weighted by Crippen LogP contribution is 2.24. The number of nitrogens with one attached hydrogen (secondary N) is 1. The van der Waals surface area contributed by atoms with E-state index in [0.717, 1.165) is 13.1 Å². The van der Waals surface area contributed by atoms with Crippen molar-refractivity contribution in [2.45, 2.75) is 12.0 Å². The first-order valence-electron chi connectivity index (χ1n) is 3.93. The van der Waals surface area contributed by atoms with E-state index in [1.54, 1.807) is 12.5 Å². The van der Waals surface area contributed by atoms with Crippen LogP contribution in [0.1, 0.15) is 6.42 Å². The maximum absolute atomic E-state index is 8.65. The molecule has 12 heavy (non-hydrogen) atoms. The van der Waals surface area contributed by atoms with Crippen molar-refractivity contribution in [3.63, 3.8) is 0 Å².